The van der Waals surface area contributed by atoms with E-state index in [-0.39, 0.29) is 29.5 Å². The highest BCUT2D eigenvalue weighted by Crippen LogP contribution is 2.20. The predicted octanol–water partition coefficient (Wildman–Crippen LogP) is 1.11. The van der Waals surface area contributed by atoms with Crippen LogP contribution in [0.4, 0.5) is 5.95 Å². The van der Waals surface area contributed by atoms with Crippen LogP contribution >= 0.6 is 0 Å². The molecular formula is C21H28N6O3S. The fourth-order valence-corrected chi connectivity index (χ4v) is 4.64. The van der Waals surface area contributed by atoms with Crippen molar-refractivity contribution < 1.29 is 13.2 Å². The first-order valence-electron chi connectivity index (χ1n) is 10.2. The molecule has 0 saturated carbocycles. The topological polar surface area (TPSA) is 142 Å². The first kappa shape index (κ1) is 22.8. The van der Waals surface area contributed by atoms with Gasteiger partial charge >= 0.3 is 0 Å². The van der Waals surface area contributed by atoms with E-state index < -0.39 is 9.84 Å². The average molecular weight is 445 g/mol. The number of hydrogen-bond donors (Lipinski definition) is 3. The summed E-state index contributed by atoms with van der Waals surface area (Å²) in [5.74, 6) is 0.834. The Morgan fingerprint density at radius 1 is 1.16 bits per heavy atom. The van der Waals surface area contributed by atoms with E-state index in [0.717, 1.165) is 23.2 Å². The van der Waals surface area contributed by atoms with Gasteiger partial charge in [0, 0.05) is 50.6 Å². The molecule has 10 heteroatoms. The number of anilines is 1. The van der Waals surface area contributed by atoms with Gasteiger partial charge in [-0.2, -0.15) is 0 Å². The maximum absolute atomic E-state index is 11.8. The minimum atomic E-state index is -2.86. The number of rotatable bonds is 10. The molecule has 1 aliphatic heterocycles. The Morgan fingerprint density at radius 2 is 1.87 bits per heavy atom. The molecule has 166 valence electrons. The van der Waals surface area contributed by atoms with Gasteiger partial charge in [-0.1, -0.05) is 24.3 Å². The van der Waals surface area contributed by atoms with Gasteiger partial charge in [0.25, 0.3) is 0 Å². The Labute approximate surface area is 182 Å². The number of Topliss-reactive ketones (excluding diaryl/α,β-unsaturated/α-hetero) is 1. The summed E-state index contributed by atoms with van der Waals surface area (Å²) in [6.45, 7) is 2.52. The van der Waals surface area contributed by atoms with Crippen molar-refractivity contribution in [2.45, 2.75) is 19.3 Å². The first-order valence-corrected chi connectivity index (χ1v) is 12.1. The maximum atomic E-state index is 11.8. The largest absolute Gasteiger partial charge is 0.387 e. The lowest BCUT2D eigenvalue weighted by Gasteiger charge is -2.26. The lowest BCUT2D eigenvalue weighted by Crippen LogP contribution is -2.42. The van der Waals surface area contributed by atoms with Gasteiger partial charge < -0.3 is 11.1 Å². The molecule has 3 rings (SSSR count). The molecule has 4 N–H and O–H groups in total. The van der Waals surface area contributed by atoms with Gasteiger partial charge in [0.2, 0.25) is 5.95 Å². The molecule has 9 nitrogen and oxygen atoms in total. The number of aryl methyl sites for hydroxylation is 1. The molecule has 1 aromatic heterocycles. The highest BCUT2D eigenvalue weighted by molar-refractivity contribution is 7.91. The summed E-state index contributed by atoms with van der Waals surface area (Å²) in [5, 5.41) is 10.4. The van der Waals surface area contributed by atoms with Crippen LogP contribution in [0.25, 0.3) is 11.1 Å². The van der Waals surface area contributed by atoms with Gasteiger partial charge in [-0.15, -0.1) is 0 Å². The van der Waals surface area contributed by atoms with Crippen LogP contribution in [0.5, 0.6) is 0 Å². The number of carbonyl (C=O) groups excluding carboxylic acids is 1. The van der Waals surface area contributed by atoms with E-state index in [4.69, 9.17) is 11.1 Å². The number of sulfone groups is 1. The molecule has 0 amide bonds. The van der Waals surface area contributed by atoms with Crippen molar-refractivity contribution in [1.29, 1.82) is 5.41 Å². The molecule has 1 fully saturated rings. The number of aromatic nitrogens is 2. The van der Waals surface area contributed by atoms with E-state index in [1.54, 1.807) is 12.4 Å². The van der Waals surface area contributed by atoms with Crippen molar-refractivity contribution in [1.82, 2.24) is 14.9 Å². The number of amidine groups is 1. The van der Waals surface area contributed by atoms with E-state index >= 15 is 0 Å². The predicted molar refractivity (Wildman–Crippen MR) is 121 cm³/mol. The second kappa shape index (κ2) is 10.5. The minimum absolute atomic E-state index is 0.00114. The standard InChI is InChI=1S/C21H28N6O3S/c22-20(23)13-19(28)5-4-16-2-1-3-17(12-16)18-14-25-21(26-15-18)24-6-7-27-8-10-31(29,30)11-9-27/h1-3,12,14-15H,4-11,13H2,(H3,22,23)(H,24,25,26). The number of ketones is 1. The van der Waals surface area contributed by atoms with Crippen molar-refractivity contribution in [3.05, 3.63) is 42.2 Å². The number of nitrogens with two attached hydrogens (primary N) is 1. The quantitative estimate of drug-likeness (QED) is 0.365. The molecule has 0 aliphatic carbocycles. The van der Waals surface area contributed by atoms with Gasteiger partial charge in [-0.3, -0.25) is 15.1 Å². The van der Waals surface area contributed by atoms with Crippen molar-refractivity contribution in [2.24, 2.45) is 5.73 Å². The van der Waals surface area contributed by atoms with Crippen molar-refractivity contribution in [2.75, 3.05) is 43.0 Å². The van der Waals surface area contributed by atoms with Gasteiger partial charge in [0.15, 0.2) is 9.84 Å². The van der Waals surface area contributed by atoms with Crippen LogP contribution in [0, 0.1) is 5.41 Å². The molecule has 31 heavy (non-hydrogen) atoms. The molecule has 0 radical (unpaired) electrons. The van der Waals surface area contributed by atoms with E-state index in [9.17, 15) is 13.2 Å². The summed E-state index contributed by atoms with van der Waals surface area (Å²) < 4.78 is 23.0. The van der Waals surface area contributed by atoms with Gasteiger partial charge in [-0.05, 0) is 17.5 Å². The zero-order valence-electron chi connectivity index (χ0n) is 17.4. The Hall–Kier alpha value is -2.85. The van der Waals surface area contributed by atoms with Crippen LogP contribution in [0.1, 0.15) is 18.4 Å². The van der Waals surface area contributed by atoms with Crippen LogP contribution in [-0.4, -0.2) is 72.6 Å². The summed E-state index contributed by atoms with van der Waals surface area (Å²) in [6.07, 6.45) is 4.45. The molecule has 0 atom stereocenters. The lowest BCUT2D eigenvalue weighted by atomic mass is 10.0. The molecule has 0 bridgehead atoms. The van der Waals surface area contributed by atoms with E-state index in [1.807, 2.05) is 24.3 Å². The molecule has 0 unspecified atom stereocenters. The summed E-state index contributed by atoms with van der Waals surface area (Å²) in [5.41, 5.74) is 8.15. The SMILES string of the molecule is N=C(N)CC(=O)CCc1cccc(-c2cnc(NCCN3CCS(=O)(=O)CC3)nc2)c1. The number of nitrogens with one attached hydrogen (secondary N) is 2. The molecule has 2 aromatic rings. The Bertz CT molecular complexity index is 1010. The van der Waals surface area contributed by atoms with Gasteiger partial charge in [0.05, 0.1) is 23.8 Å². The summed E-state index contributed by atoms with van der Waals surface area (Å²) in [7, 11) is -2.86. The fourth-order valence-electron chi connectivity index (χ4n) is 3.36. The van der Waals surface area contributed by atoms with Gasteiger partial charge in [0.1, 0.15) is 5.78 Å². The molecule has 1 saturated heterocycles. The summed E-state index contributed by atoms with van der Waals surface area (Å²) in [6, 6.07) is 7.88. The summed E-state index contributed by atoms with van der Waals surface area (Å²) in [4.78, 5) is 22.6. The van der Waals surface area contributed by atoms with Crippen LogP contribution in [0.2, 0.25) is 0 Å². The monoisotopic (exact) mass is 444 g/mol. The van der Waals surface area contributed by atoms with E-state index in [2.05, 4.69) is 20.2 Å². The third-order valence-corrected chi connectivity index (χ3v) is 6.75. The normalized spacial score (nSPS) is 16.0. The average Bonchev–Trinajstić information content (AvgIpc) is 2.74. The molecule has 1 aromatic carbocycles. The summed E-state index contributed by atoms with van der Waals surface area (Å²) >= 11 is 0. The highest BCUT2D eigenvalue weighted by atomic mass is 32.2. The van der Waals surface area contributed by atoms with Gasteiger partial charge in [-0.25, -0.2) is 18.4 Å². The third kappa shape index (κ3) is 7.41. The highest BCUT2D eigenvalue weighted by Gasteiger charge is 2.20. The third-order valence-electron chi connectivity index (χ3n) is 5.14. The number of carbonyl (C=O) groups is 1. The fraction of sp³-hybridized carbons (Fsp3) is 0.429. The molecule has 2 heterocycles. The van der Waals surface area contributed by atoms with Crippen molar-refractivity contribution in [3.63, 3.8) is 0 Å². The number of nitrogens with zero attached hydrogens (tertiary/aromatic N) is 3. The molecule has 0 spiro atoms. The Balaban J connectivity index is 1.49. The second-order valence-electron chi connectivity index (χ2n) is 7.66. The van der Waals surface area contributed by atoms with Crippen LogP contribution in [0.15, 0.2) is 36.7 Å². The van der Waals surface area contributed by atoms with Crippen molar-refractivity contribution >= 4 is 27.4 Å². The van der Waals surface area contributed by atoms with E-state index in [1.165, 1.54) is 0 Å². The minimum Gasteiger partial charge on any atom is -0.387 e. The molecular weight excluding hydrogens is 416 g/mol. The van der Waals surface area contributed by atoms with Crippen molar-refractivity contribution in [3.8, 4) is 11.1 Å². The van der Waals surface area contributed by atoms with Crippen LogP contribution < -0.4 is 11.1 Å². The second-order valence-corrected chi connectivity index (χ2v) is 9.96. The Kier molecular flexibility index (Phi) is 7.69. The van der Waals surface area contributed by atoms with Crippen LogP contribution in [0.3, 0.4) is 0 Å². The zero-order valence-corrected chi connectivity index (χ0v) is 18.2. The maximum Gasteiger partial charge on any atom is 0.222 e. The number of hydrogen-bond acceptors (Lipinski definition) is 8. The Morgan fingerprint density at radius 3 is 2.55 bits per heavy atom. The van der Waals surface area contributed by atoms with E-state index in [0.29, 0.717) is 38.4 Å². The first-order chi connectivity index (χ1) is 14.8. The lowest BCUT2D eigenvalue weighted by molar-refractivity contribution is -0.117. The van der Waals surface area contributed by atoms with Crippen LogP contribution in [-0.2, 0) is 21.1 Å². The smallest absolute Gasteiger partial charge is 0.222 e. The number of benzene rings is 1. The zero-order chi connectivity index (χ0) is 22.3. The molecule has 1 aliphatic rings.